The first-order chi connectivity index (χ1) is 7.76. The molecule has 96 valence electrons. The highest BCUT2D eigenvalue weighted by Crippen LogP contribution is 2.11. The molecule has 2 N–H and O–H groups in total. The molecule has 0 bridgehead atoms. The van der Waals surface area contributed by atoms with Crippen LogP contribution in [0.3, 0.4) is 0 Å². The number of rotatable bonds is 3. The molecule has 0 aliphatic heterocycles. The second kappa shape index (κ2) is 7.62. The smallest absolute Gasteiger partial charge is 0.222 e. The number of carbonyl (C=O) groups is 1. The number of carbonyl (C=O) groups excluding carboxylic acids is 1. The maximum absolute atomic E-state index is 10.7. The molecule has 4 nitrogen and oxygen atoms in total. The van der Waals surface area contributed by atoms with Crippen LogP contribution in [-0.2, 0) is 0 Å². The quantitative estimate of drug-likeness (QED) is 0.494. The third kappa shape index (κ3) is 9.08. The van der Waals surface area contributed by atoms with Crippen molar-refractivity contribution in [3.63, 3.8) is 0 Å². The second-order valence-corrected chi connectivity index (χ2v) is 5.54. The van der Waals surface area contributed by atoms with Crippen LogP contribution in [0.2, 0.25) is 0 Å². The molecule has 0 saturated carbocycles. The maximum Gasteiger partial charge on any atom is 0.222 e. The van der Waals surface area contributed by atoms with Crippen LogP contribution in [0.1, 0.15) is 10.4 Å². The molecular formula is C12H19INO3+. The van der Waals surface area contributed by atoms with Gasteiger partial charge in [0.15, 0.2) is 0 Å². The third-order valence-electron chi connectivity index (χ3n) is 1.87. The van der Waals surface area contributed by atoms with Crippen LogP contribution < -0.4 is 0 Å². The van der Waals surface area contributed by atoms with Crippen LogP contribution in [0.25, 0.3) is 0 Å². The lowest BCUT2D eigenvalue weighted by Gasteiger charge is -2.21. The molecule has 17 heavy (non-hydrogen) atoms. The largest absolute Gasteiger partial charge is 0.508 e. The first-order valence-corrected chi connectivity index (χ1v) is 6.24. The van der Waals surface area contributed by atoms with E-state index in [2.05, 4.69) is 21.1 Å². The van der Waals surface area contributed by atoms with Crippen LogP contribution in [0.4, 0.5) is 0 Å². The van der Waals surface area contributed by atoms with Gasteiger partial charge in [-0.15, -0.1) is 0 Å². The van der Waals surface area contributed by atoms with Crippen LogP contribution in [0, 0.1) is 0 Å². The number of aliphatic hydroxyl groups is 1. The Morgan fingerprint density at radius 2 is 1.71 bits per heavy atom. The number of aromatic hydroxyl groups is 1. The van der Waals surface area contributed by atoms with Crippen molar-refractivity contribution in [2.24, 2.45) is 0 Å². The summed E-state index contributed by atoms with van der Waals surface area (Å²) >= 11 is 1.70. The molecule has 5 heteroatoms. The van der Waals surface area contributed by atoms with Gasteiger partial charge in [0, 0.05) is 28.2 Å². The molecule has 0 atom stereocenters. The number of hydrogen-bond donors (Lipinski definition) is 2. The van der Waals surface area contributed by atoms with Gasteiger partial charge in [-0.3, -0.25) is 4.79 Å². The highest BCUT2D eigenvalue weighted by molar-refractivity contribution is 14.1. The Morgan fingerprint density at radius 1 is 1.24 bits per heavy atom. The number of aliphatic hydroxyl groups excluding tert-OH is 1. The SMILES string of the molecule is C[N+](C)(C)CCO.O=C(I)c1ccc(O)cc1. The fraction of sp³-hybridized carbons (Fsp3) is 0.417. The lowest BCUT2D eigenvalue weighted by atomic mass is 10.2. The van der Waals surface area contributed by atoms with Gasteiger partial charge in [-0.05, 0) is 24.3 Å². The van der Waals surface area contributed by atoms with Crippen molar-refractivity contribution < 1.29 is 19.5 Å². The Kier molecular flexibility index (Phi) is 7.33. The lowest BCUT2D eigenvalue weighted by Crippen LogP contribution is -2.36. The van der Waals surface area contributed by atoms with E-state index >= 15 is 0 Å². The van der Waals surface area contributed by atoms with Gasteiger partial charge >= 0.3 is 0 Å². The minimum absolute atomic E-state index is 0.0161. The normalized spacial score (nSPS) is 10.4. The van der Waals surface area contributed by atoms with E-state index in [0.29, 0.717) is 5.56 Å². The van der Waals surface area contributed by atoms with E-state index in [1.165, 1.54) is 12.1 Å². The molecule has 0 unspecified atom stereocenters. The number of phenols is 1. The maximum atomic E-state index is 10.7. The van der Waals surface area contributed by atoms with Gasteiger partial charge in [0.1, 0.15) is 12.3 Å². The highest BCUT2D eigenvalue weighted by Gasteiger charge is 2.02. The molecule has 0 heterocycles. The van der Waals surface area contributed by atoms with Gasteiger partial charge in [-0.25, -0.2) is 0 Å². The molecule has 0 spiro atoms. The van der Waals surface area contributed by atoms with Crippen molar-refractivity contribution in [3.8, 4) is 5.75 Å². The lowest BCUT2D eigenvalue weighted by molar-refractivity contribution is -0.870. The number of quaternary nitrogens is 1. The minimum atomic E-state index is -0.0161. The average molecular weight is 352 g/mol. The first kappa shape index (κ1) is 16.3. The van der Waals surface area contributed by atoms with Crippen LogP contribution in [-0.4, -0.2) is 52.8 Å². The second-order valence-electron chi connectivity index (χ2n) is 4.56. The molecule has 0 aliphatic carbocycles. The Bertz CT molecular complexity index is 344. The van der Waals surface area contributed by atoms with Crippen LogP contribution in [0.15, 0.2) is 24.3 Å². The van der Waals surface area contributed by atoms with Crippen molar-refractivity contribution in [1.82, 2.24) is 0 Å². The molecule has 0 aromatic heterocycles. The molecule has 0 fully saturated rings. The van der Waals surface area contributed by atoms with Gasteiger partial charge in [-0.2, -0.15) is 0 Å². The van der Waals surface area contributed by atoms with Crippen molar-refractivity contribution in [2.45, 2.75) is 0 Å². The average Bonchev–Trinajstić information content (AvgIpc) is 2.17. The summed E-state index contributed by atoms with van der Waals surface area (Å²) in [5.74, 6) is 0.182. The fourth-order valence-corrected chi connectivity index (χ4v) is 1.25. The zero-order valence-electron chi connectivity index (χ0n) is 10.4. The first-order valence-electron chi connectivity index (χ1n) is 5.16. The fourth-order valence-electron chi connectivity index (χ4n) is 0.892. The molecule has 1 aromatic rings. The summed E-state index contributed by atoms with van der Waals surface area (Å²) in [6.45, 7) is 1.11. The Balaban J connectivity index is 0.000000325. The van der Waals surface area contributed by atoms with E-state index in [0.717, 1.165) is 11.0 Å². The van der Waals surface area contributed by atoms with Crippen molar-refractivity contribution in [1.29, 1.82) is 0 Å². The van der Waals surface area contributed by atoms with E-state index in [-0.39, 0.29) is 16.1 Å². The standard InChI is InChI=1S/C7H5IO2.C5H14NO/c8-7(10)5-1-3-6(9)4-2-5;1-6(2,3)4-5-7/h1-4,9H;7H,4-5H2,1-3H3/q;+1. The molecule has 0 aliphatic rings. The summed E-state index contributed by atoms with van der Waals surface area (Å²) in [4.78, 5) is 10.7. The molecule has 0 saturated heterocycles. The molecule has 1 aromatic carbocycles. The highest BCUT2D eigenvalue weighted by atomic mass is 127. The summed E-state index contributed by atoms with van der Waals surface area (Å²) in [6, 6.07) is 6.16. The van der Waals surface area contributed by atoms with Gasteiger partial charge in [-0.1, -0.05) is 0 Å². The number of likely N-dealkylation sites (N-methyl/N-ethyl adjacent to an activating group) is 1. The van der Waals surface area contributed by atoms with Crippen LogP contribution >= 0.6 is 22.6 Å². The summed E-state index contributed by atoms with van der Waals surface area (Å²) in [5, 5.41) is 17.2. The predicted molar refractivity (Wildman–Crippen MR) is 76.4 cm³/mol. The molecular weight excluding hydrogens is 333 g/mol. The zero-order valence-corrected chi connectivity index (χ0v) is 12.5. The van der Waals surface area contributed by atoms with Gasteiger partial charge in [0.05, 0.1) is 27.7 Å². The van der Waals surface area contributed by atoms with E-state index in [1.807, 2.05) is 0 Å². The van der Waals surface area contributed by atoms with Crippen molar-refractivity contribution >= 4 is 26.4 Å². The Hall–Kier alpha value is -0.660. The number of nitrogens with zero attached hydrogens (tertiary/aromatic N) is 1. The van der Waals surface area contributed by atoms with Crippen LogP contribution in [0.5, 0.6) is 5.75 Å². The number of halogens is 1. The Labute approximate surface area is 116 Å². The summed E-state index contributed by atoms with van der Waals surface area (Å²) in [7, 11) is 6.16. The monoisotopic (exact) mass is 352 g/mol. The number of phenolic OH excluding ortho intramolecular Hbond substituents is 1. The third-order valence-corrected chi connectivity index (χ3v) is 2.49. The van der Waals surface area contributed by atoms with Gasteiger partial charge in [0.2, 0.25) is 3.79 Å². The topological polar surface area (TPSA) is 57.5 Å². The molecule has 0 radical (unpaired) electrons. The van der Waals surface area contributed by atoms with Crippen molar-refractivity contribution in [3.05, 3.63) is 29.8 Å². The van der Waals surface area contributed by atoms with Gasteiger partial charge in [0.25, 0.3) is 0 Å². The van der Waals surface area contributed by atoms with E-state index in [9.17, 15) is 4.79 Å². The van der Waals surface area contributed by atoms with E-state index < -0.39 is 0 Å². The zero-order chi connectivity index (χ0) is 13.5. The summed E-state index contributed by atoms with van der Waals surface area (Å²) in [5.41, 5.74) is 0.610. The molecule has 0 amide bonds. The number of hydrogen-bond acceptors (Lipinski definition) is 3. The number of benzene rings is 1. The summed E-state index contributed by atoms with van der Waals surface area (Å²) in [6.07, 6.45) is 0. The molecule has 1 rings (SSSR count). The Morgan fingerprint density at radius 3 is 1.94 bits per heavy atom. The predicted octanol–water partition coefficient (Wildman–Crippen LogP) is 1.65. The van der Waals surface area contributed by atoms with Gasteiger partial charge < -0.3 is 14.7 Å². The van der Waals surface area contributed by atoms with E-state index in [1.54, 1.807) is 34.7 Å². The summed E-state index contributed by atoms with van der Waals surface area (Å²) < 4.78 is 0.828. The van der Waals surface area contributed by atoms with Crippen molar-refractivity contribution in [2.75, 3.05) is 34.3 Å². The van der Waals surface area contributed by atoms with E-state index in [4.69, 9.17) is 10.2 Å². The minimum Gasteiger partial charge on any atom is -0.508 e.